The smallest absolute Gasteiger partial charge is 0.223 e. The summed E-state index contributed by atoms with van der Waals surface area (Å²) in [5.41, 5.74) is 2.89. The first-order valence-electron chi connectivity index (χ1n) is 11.4. The predicted octanol–water partition coefficient (Wildman–Crippen LogP) is 4.25. The molecule has 0 bridgehead atoms. The minimum atomic E-state index is -0.316. The molecule has 1 atom stereocenters. The minimum Gasteiger partial charge on any atom is -0.392 e. The first-order valence-corrected chi connectivity index (χ1v) is 11.4. The van der Waals surface area contributed by atoms with Gasteiger partial charge in [-0.15, -0.1) is 0 Å². The van der Waals surface area contributed by atoms with Crippen molar-refractivity contribution in [1.82, 2.24) is 20.0 Å². The molecule has 1 saturated heterocycles. The molecule has 2 aromatic heterocycles. The van der Waals surface area contributed by atoms with Crippen LogP contribution in [0.4, 0.5) is 10.3 Å². The average Bonchev–Trinajstić information content (AvgIpc) is 3.41. The fourth-order valence-electron chi connectivity index (χ4n) is 4.66. The number of aliphatic hydroxyl groups is 1. The highest BCUT2D eigenvalue weighted by Gasteiger charge is 2.26. The Bertz CT molecular complexity index is 1050. The molecule has 2 aliphatic rings. The summed E-state index contributed by atoms with van der Waals surface area (Å²) in [6.45, 7) is 1.92. The number of halogens is 1. The fraction of sp³-hybridized carbons (Fsp3) is 0.458. The lowest BCUT2D eigenvalue weighted by molar-refractivity contribution is 0.170. The van der Waals surface area contributed by atoms with Crippen molar-refractivity contribution in [2.45, 2.75) is 57.2 Å². The van der Waals surface area contributed by atoms with E-state index in [-0.39, 0.29) is 11.9 Å². The molecule has 0 spiro atoms. The largest absolute Gasteiger partial charge is 0.392 e. The van der Waals surface area contributed by atoms with Crippen molar-refractivity contribution in [2.24, 2.45) is 0 Å². The molecule has 1 saturated carbocycles. The molecular formula is C24H28FN5O2. The molecule has 3 heterocycles. The first-order chi connectivity index (χ1) is 15.7. The lowest BCUT2D eigenvalue weighted by Crippen LogP contribution is -2.23. The minimum absolute atomic E-state index is 0.300. The summed E-state index contributed by atoms with van der Waals surface area (Å²) in [5, 5.41) is 17.7. The second kappa shape index (κ2) is 9.34. The van der Waals surface area contributed by atoms with E-state index in [1.54, 1.807) is 18.3 Å². The van der Waals surface area contributed by atoms with Crippen LogP contribution in [0.5, 0.6) is 0 Å². The second-order valence-corrected chi connectivity index (χ2v) is 8.76. The number of anilines is 1. The number of β-amino-alcohol motifs (C(OH)–C–C–N with tert-alkyl or cyclic N) is 1. The number of nitrogens with zero attached hydrogens (tertiary/aromatic N) is 4. The van der Waals surface area contributed by atoms with Crippen molar-refractivity contribution in [3.8, 4) is 22.5 Å². The van der Waals surface area contributed by atoms with Crippen LogP contribution in [0, 0.1) is 5.82 Å². The van der Waals surface area contributed by atoms with Crippen molar-refractivity contribution in [1.29, 1.82) is 0 Å². The van der Waals surface area contributed by atoms with E-state index in [1.807, 2.05) is 6.07 Å². The van der Waals surface area contributed by atoms with E-state index in [0.29, 0.717) is 42.2 Å². The summed E-state index contributed by atoms with van der Waals surface area (Å²) < 4.78 is 19.3. The Labute approximate surface area is 186 Å². The Morgan fingerprint density at radius 3 is 2.66 bits per heavy atom. The maximum atomic E-state index is 13.5. The molecule has 1 aliphatic carbocycles. The highest BCUT2D eigenvalue weighted by molar-refractivity contribution is 5.80. The van der Waals surface area contributed by atoms with Crippen molar-refractivity contribution < 1.29 is 14.0 Å². The molecule has 32 heavy (non-hydrogen) atoms. The second-order valence-electron chi connectivity index (χ2n) is 8.76. The first kappa shape index (κ1) is 21.0. The molecule has 0 amide bonds. The molecule has 5 rings (SSSR count). The number of benzene rings is 1. The van der Waals surface area contributed by atoms with Crippen molar-refractivity contribution in [3.63, 3.8) is 0 Å². The zero-order valence-electron chi connectivity index (χ0n) is 18.0. The van der Waals surface area contributed by atoms with Gasteiger partial charge in [0.05, 0.1) is 23.9 Å². The molecule has 7 nitrogen and oxygen atoms in total. The lowest BCUT2D eigenvalue weighted by Gasteiger charge is -2.22. The van der Waals surface area contributed by atoms with Crippen LogP contribution in [0.15, 0.2) is 41.1 Å². The molecule has 0 radical (unpaired) electrons. The third-order valence-corrected chi connectivity index (χ3v) is 6.35. The van der Waals surface area contributed by atoms with Crippen LogP contribution in [-0.2, 0) is 6.54 Å². The quantitative estimate of drug-likeness (QED) is 0.596. The third kappa shape index (κ3) is 4.66. The molecule has 168 valence electrons. The normalized spacial score (nSPS) is 20.0. The predicted molar refractivity (Wildman–Crippen MR) is 119 cm³/mol. The molecule has 2 N–H and O–H groups in total. The molecule has 3 aromatic rings. The summed E-state index contributed by atoms with van der Waals surface area (Å²) >= 11 is 0. The number of rotatable bonds is 6. The van der Waals surface area contributed by atoms with Crippen molar-refractivity contribution in [3.05, 3.63) is 48.1 Å². The number of hydrogen-bond donors (Lipinski definition) is 2. The molecule has 0 unspecified atom stereocenters. The lowest BCUT2D eigenvalue weighted by atomic mass is 9.96. The summed E-state index contributed by atoms with van der Waals surface area (Å²) in [4.78, 5) is 11.4. The van der Waals surface area contributed by atoms with Gasteiger partial charge in [0.25, 0.3) is 0 Å². The van der Waals surface area contributed by atoms with E-state index in [1.165, 1.54) is 31.4 Å². The summed E-state index contributed by atoms with van der Waals surface area (Å²) in [6.07, 6.45) is 8.18. The molecule has 1 aliphatic heterocycles. The highest BCUT2D eigenvalue weighted by atomic mass is 19.1. The van der Waals surface area contributed by atoms with Gasteiger partial charge in [-0.1, -0.05) is 24.4 Å². The molecule has 8 heteroatoms. The Balaban J connectivity index is 1.49. The van der Waals surface area contributed by atoms with Gasteiger partial charge in [0.1, 0.15) is 11.5 Å². The third-order valence-electron chi connectivity index (χ3n) is 6.35. The number of aromatic nitrogens is 3. The zero-order valence-corrected chi connectivity index (χ0v) is 18.0. The van der Waals surface area contributed by atoms with Crippen molar-refractivity contribution in [2.75, 3.05) is 18.4 Å². The van der Waals surface area contributed by atoms with Crippen molar-refractivity contribution >= 4 is 5.95 Å². The van der Waals surface area contributed by atoms with Gasteiger partial charge in [-0.05, 0) is 49.6 Å². The van der Waals surface area contributed by atoms with Gasteiger partial charge in [0.2, 0.25) is 5.95 Å². The summed E-state index contributed by atoms with van der Waals surface area (Å²) in [6, 6.07) is 8.48. The number of aliphatic hydroxyl groups excluding tert-OH is 1. The van der Waals surface area contributed by atoms with Crippen LogP contribution < -0.4 is 5.32 Å². The van der Waals surface area contributed by atoms with Crippen LogP contribution in [0.1, 0.15) is 44.3 Å². The van der Waals surface area contributed by atoms with Crippen LogP contribution in [0.25, 0.3) is 22.5 Å². The summed E-state index contributed by atoms with van der Waals surface area (Å²) in [5.74, 6) is 0.981. The van der Waals surface area contributed by atoms with E-state index in [0.717, 1.165) is 36.9 Å². The number of nitrogens with one attached hydrogen (secondary N) is 1. The SMILES string of the molecule is O[C@@H]1CCN(Cc2onc(-c3ccc(F)cc3)c2-c2ccnc(NC3CCCCC3)n2)C1. The van der Waals surface area contributed by atoms with E-state index in [2.05, 4.69) is 20.4 Å². The monoisotopic (exact) mass is 437 g/mol. The summed E-state index contributed by atoms with van der Waals surface area (Å²) in [7, 11) is 0. The van der Waals surface area contributed by atoms with Gasteiger partial charge in [-0.2, -0.15) is 0 Å². The zero-order chi connectivity index (χ0) is 21.9. The average molecular weight is 438 g/mol. The van der Waals surface area contributed by atoms with Gasteiger partial charge >= 0.3 is 0 Å². The van der Waals surface area contributed by atoms with E-state index in [9.17, 15) is 9.50 Å². The molecule has 2 fully saturated rings. The topological polar surface area (TPSA) is 87.3 Å². The van der Waals surface area contributed by atoms with Crippen LogP contribution >= 0.6 is 0 Å². The van der Waals surface area contributed by atoms with Crippen LogP contribution in [-0.4, -0.2) is 50.4 Å². The maximum Gasteiger partial charge on any atom is 0.223 e. The van der Waals surface area contributed by atoms with Gasteiger partial charge in [-0.25, -0.2) is 14.4 Å². The Kier molecular flexibility index (Phi) is 6.14. The fourth-order valence-corrected chi connectivity index (χ4v) is 4.66. The van der Waals surface area contributed by atoms with Gasteiger partial charge in [0, 0.05) is 30.9 Å². The molecule has 1 aromatic carbocycles. The van der Waals surface area contributed by atoms with Crippen LogP contribution in [0.3, 0.4) is 0 Å². The standard InChI is InChI=1S/C24H28FN5O2/c25-17-8-6-16(7-9-17)23-22(21(32-29-23)15-30-13-11-19(31)14-30)20-10-12-26-24(28-20)27-18-4-2-1-3-5-18/h6-10,12,18-19,31H,1-5,11,13-15H2,(H,26,27,28)/t19-/m1/s1. The van der Waals surface area contributed by atoms with Gasteiger partial charge < -0.3 is 14.9 Å². The van der Waals surface area contributed by atoms with Gasteiger partial charge in [-0.3, -0.25) is 4.90 Å². The Hall–Kier alpha value is -2.84. The Morgan fingerprint density at radius 2 is 1.91 bits per heavy atom. The number of hydrogen-bond acceptors (Lipinski definition) is 7. The van der Waals surface area contributed by atoms with E-state index < -0.39 is 0 Å². The van der Waals surface area contributed by atoms with Gasteiger partial charge in [0.15, 0.2) is 5.76 Å². The Morgan fingerprint density at radius 1 is 1.09 bits per heavy atom. The maximum absolute atomic E-state index is 13.5. The molecular weight excluding hydrogens is 409 g/mol. The van der Waals surface area contributed by atoms with Crippen LogP contribution in [0.2, 0.25) is 0 Å². The number of likely N-dealkylation sites (tertiary alicyclic amines) is 1. The highest BCUT2D eigenvalue weighted by Crippen LogP contribution is 2.35. The van der Waals surface area contributed by atoms with E-state index in [4.69, 9.17) is 9.51 Å². The van der Waals surface area contributed by atoms with E-state index >= 15 is 0 Å².